The normalized spacial score (nSPS) is 15.8. The molecule has 1 aliphatic carbocycles. The molecule has 2 aromatic heterocycles. The van der Waals surface area contributed by atoms with Crippen LogP contribution in [0.3, 0.4) is 0 Å². The number of hydrazine groups is 1. The van der Waals surface area contributed by atoms with Gasteiger partial charge in [-0.25, -0.2) is 19.6 Å². The van der Waals surface area contributed by atoms with Gasteiger partial charge in [-0.2, -0.15) is 4.98 Å². The van der Waals surface area contributed by atoms with Crippen LogP contribution in [-0.2, 0) is 6.42 Å². The molecule has 2 aromatic rings. The van der Waals surface area contributed by atoms with Crippen molar-refractivity contribution in [3.63, 3.8) is 0 Å². The van der Waals surface area contributed by atoms with Gasteiger partial charge in [0.1, 0.15) is 5.75 Å². The van der Waals surface area contributed by atoms with Crippen LogP contribution in [0.1, 0.15) is 62.7 Å². The van der Waals surface area contributed by atoms with Crippen molar-refractivity contribution in [2.75, 3.05) is 18.9 Å². The summed E-state index contributed by atoms with van der Waals surface area (Å²) in [5.74, 6) is 4.25. The number of ether oxygens (including phenoxy) is 1. The maximum Gasteiger partial charge on any atom is 0.263 e. The number of alkyl halides is 2. The first-order valence-electron chi connectivity index (χ1n) is 11.2. The van der Waals surface area contributed by atoms with E-state index in [-0.39, 0.29) is 37.3 Å². The van der Waals surface area contributed by atoms with Gasteiger partial charge >= 0.3 is 0 Å². The highest BCUT2D eigenvalue weighted by Crippen LogP contribution is 2.26. The molecule has 0 aliphatic heterocycles. The number of anilines is 1. The minimum atomic E-state index is -2.79. The molecule has 9 nitrogen and oxygen atoms in total. The minimum absolute atomic E-state index is 0.0156. The van der Waals surface area contributed by atoms with Crippen molar-refractivity contribution >= 4 is 11.6 Å². The number of nitrogens with one attached hydrogen (secondary N) is 1. The molecule has 182 valence electrons. The zero-order valence-electron chi connectivity index (χ0n) is 19.4. The number of nitrogens with two attached hydrogens (primary N) is 2. The maximum absolute atomic E-state index is 13.0. The van der Waals surface area contributed by atoms with E-state index in [2.05, 4.69) is 20.4 Å². The van der Waals surface area contributed by atoms with Crippen LogP contribution in [0.5, 0.6) is 5.75 Å². The first-order valence-corrected chi connectivity index (χ1v) is 11.2. The van der Waals surface area contributed by atoms with Crippen LogP contribution in [0.25, 0.3) is 5.70 Å². The van der Waals surface area contributed by atoms with Gasteiger partial charge in [-0.15, -0.1) is 0 Å². The van der Waals surface area contributed by atoms with Crippen molar-refractivity contribution in [2.24, 2.45) is 11.6 Å². The predicted molar refractivity (Wildman–Crippen MR) is 121 cm³/mol. The Labute approximate surface area is 192 Å². The van der Waals surface area contributed by atoms with Crippen LogP contribution in [0.4, 0.5) is 14.7 Å². The summed E-state index contributed by atoms with van der Waals surface area (Å²) in [4.78, 5) is 8.69. The number of aryl methyl sites for hydroxylation is 2. The van der Waals surface area contributed by atoms with Crippen molar-refractivity contribution < 1.29 is 18.0 Å². The second-order valence-electron chi connectivity index (χ2n) is 8.56. The van der Waals surface area contributed by atoms with Crippen LogP contribution in [0.15, 0.2) is 22.4 Å². The van der Waals surface area contributed by atoms with E-state index < -0.39 is 5.92 Å². The number of nitrogens with zero attached hydrogens (tertiary/aromatic N) is 4. The van der Waals surface area contributed by atoms with Gasteiger partial charge in [0.25, 0.3) is 5.95 Å². The molecular weight excluding hydrogens is 432 g/mol. The largest absolute Gasteiger partial charge is 0.489 e. The average molecular weight is 466 g/mol. The smallest absolute Gasteiger partial charge is 0.263 e. The topological polar surface area (TPSA) is 128 Å². The first kappa shape index (κ1) is 24.7. The molecule has 0 radical (unpaired) electrons. The Balaban J connectivity index is 1.67. The summed E-state index contributed by atoms with van der Waals surface area (Å²) in [5.41, 5.74) is 8.63. The molecule has 2 heterocycles. The number of pyridine rings is 1. The highest BCUT2D eigenvalue weighted by molar-refractivity contribution is 5.64. The molecular formula is C22H33F2N7O2. The zero-order chi connectivity index (χ0) is 24.0. The number of hydrogen-bond acceptors (Lipinski definition) is 9. The minimum Gasteiger partial charge on any atom is -0.489 e. The highest BCUT2D eigenvalue weighted by Gasteiger charge is 2.22. The van der Waals surface area contributed by atoms with Gasteiger partial charge in [-0.05, 0) is 56.8 Å². The van der Waals surface area contributed by atoms with Crippen LogP contribution >= 0.6 is 0 Å². The third kappa shape index (κ3) is 7.28. The SMILES string of the molecule is Cc1nc(/C(N)=C(\CNc2noc(CCC(C)(F)F)n2)N(C)N)ccc1OC1CCCCC1. The Kier molecular flexibility index (Phi) is 8.06. The van der Waals surface area contributed by atoms with E-state index in [9.17, 15) is 8.78 Å². The lowest BCUT2D eigenvalue weighted by molar-refractivity contribution is 0.0114. The summed E-state index contributed by atoms with van der Waals surface area (Å²) in [6.45, 7) is 2.92. The fraction of sp³-hybridized carbons (Fsp3) is 0.591. The monoisotopic (exact) mass is 465 g/mol. The van der Waals surface area contributed by atoms with Crippen molar-refractivity contribution in [1.29, 1.82) is 0 Å². The molecule has 5 N–H and O–H groups in total. The summed E-state index contributed by atoms with van der Waals surface area (Å²) in [6, 6.07) is 3.69. The van der Waals surface area contributed by atoms with Gasteiger partial charge in [0.05, 0.1) is 35.4 Å². The molecule has 0 spiro atoms. The molecule has 0 unspecified atom stereocenters. The van der Waals surface area contributed by atoms with E-state index in [1.54, 1.807) is 13.1 Å². The number of aromatic nitrogens is 3. The van der Waals surface area contributed by atoms with Gasteiger partial charge in [0.2, 0.25) is 11.8 Å². The quantitative estimate of drug-likeness (QED) is 0.356. The fourth-order valence-corrected chi connectivity index (χ4v) is 3.66. The molecule has 0 aromatic carbocycles. The van der Waals surface area contributed by atoms with Crippen molar-refractivity contribution in [3.8, 4) is 5.75 Å². The van der Waals surface area contributed by atoms with E-state index in [0.29, 0.717) is 17.1 Å². The Morgan fingerprint density at radius 3 is 2.64 bits per heavy atom. The van der Waals surface area contributed by atoms with Gasteiger partial charge in [-0.3, -0.25) is 0 Å². The molecule has 33 heavy (non-hydrogen) atoms. The molecule has 0 amide bonds. The standard InChI is InChI=1S/C22H33F2N7O2/c1-14-18(32-15-7-5-4-6-8-15)10-9-16(28-14)20(25)17(31(3)26)13-27-21-29-19(33-30-21)11-12-22(2,23)24/h9-10,15H,4-8,11-13,25-26H2,1-3H3,(H,27,30)/b20-17-. The molecule has 3 rings (SSSR count). The first-order chi connectivity index (χ1) is 15.6. The van der Waals surface area contributed by atoms with Crippen molar-refractivity contribution in [3.05, 3.63) is 35.1 Å². The van der Waals surface area contributed by atoms with Gasteiger partial charge in [0.15, 0.2) is 0 Å². The maximum atomic E-state index is 13.0. The lowest BCUT2D eigenvalue weighted by Crippen LogP contribution is -2.32. The van der Waals surface area contributed by atoms with Crippen LogP contribution in [0, 0.1) is 6.92 Å². The summed E-state index contributed by atoms with van der Waals surface area (Å²) in [5, 5.41) is 8.10. The number of halogens is 2. The van der Waals surface area contributed by atoms with Crippen LogP contribution in [-0.4, -0.2) is 45.8 Å². The van der Waals surface area contributed by atoms with Crippen molar-refractivity contribution in [1.82, 2.24) is 20.1 Å². The molecule has 1 saturated carbocycles. The predicted octanol–water partition coefficient (Wildman–Crippen LogP) is 3.62. The fourth-order valence-electron chi connectivity index (χ4n) is 3.66. The van der Waals surface area contributed by atoms with Gasteiger partial charge in [-0.1, -0.05) is 6.42 Å². The third-order valence-electron chi connectivity index (χ3n) is 5.56. The number of likely N-dealkylation sites (N-methyl/N-ethyl adjacent to an activating group) is 1. The molecule has 0 atom stereocenters. The number of hydrogen-bond donors (Lipinski definition) is 3. The van der Waals surface area contributed by atoms with Crippen LogP contribution in [0.2, 0.25) is 0 Å². The van der Waals surface area contributed by atoms with Crippen molar-refractivity contribution in [2.45, 2.75) is 70.8 Å². The molecule has 11 heteroatoms. The second kappa shape index (κ2) is 10.8. The second-order valence-corrected chi connectivity index (χ2v) is 8.56. The third-order valence-corrected chi connectivity index (χ3v) is 5.56. The molecule has 1 aliphatic rings. The molecule has 1 fully saturated rings. The zero-order valence-corrected chi connectivity index (χ0v) is 19.4. The lowest BCUT2D eigenvalue weighted by Gasteiger charge is -2.24. The lowest BCUT2D eigenvalue weighted by atomic mass is 9.98. The molecule has 0 bridgehead atoms. The Bertz CT molecular complexity index is 950. The van der Waals surface area contributed by atoms with E-state index in [1.807, 2.05) is 13.0 Å². The Morgan fingerprint density at radius 1 is 1.27 bits per heavy atom. The summed E-state index contributed by atoms with van der Waals surface area (Å²) >= 11 is 0. The van der Waals surface area contributed by atoms with Crippen LogP contribution < -0.4 is 21.6 Å². The van der Waals surface area contributed by atoms with E-state index in [1.165, 1.54) is 24.3 Å². The van der Waals surface area contributed by atoms with Gasteiger partial charge in [0, 0.05) is 19.9 Å². The Hall–Kier alpha value is -2.95. The highest BCUT2D eigenvalue weighted by atomic mass is 19.3. The van der Waals surface area contributed by atoms with E-state index in [4.69, 9.17) is 20.8 Å². The summed E-state index contributed by atoms with van der Waals surface area (Å²) in [6.07, 6.45) is 5.62. The number of rotatable bonds is 10. The van der Waals surface area contributed by atoms with Gasteiger partial charge < -0.3 is 25.3 Å². The average Bonchev–Trinajstić information content (AvgIpc) is 3.22. The van der Waals surface area contributed by atoms with E-state index >= 15 is 0 Å². The summed E-state index contributed by atoms with van der Waals surface area (Å²) in [7, 11) is 1.66. The van der Waals surface area contributed by atoms with E-state index in [0.717, 1.165) is 31.2 Å². The summed E-state index contributed by atoms with van der Waals surface area (Å²) < 4.78 is 37.2. The molecule has 0 saturated heterocycles. The Morgan fingerprint density at radius 2 is 2.00 bits per heavy atom.